The summed E-state index contributed by atoms with van der Waals surface area (Å²) in [6, 6.07) is 50.5. The minimum absolute atomic E-state index is 0.577. The molecule has 0 atom stereocenters. The standard InChI is InChI=1S/C39H24N6/c1-3-14-26(15-4-1)34-30-24-23-25-13-7-8-18-28(25)35(30)42-38(41-34)45-37-36(44-33-22-12-10-20-31(33)40-39(44)45)29-19-9-11-21-32(29)43(37)27-16-5-2-6-17-27/h1-24H. The fourth-order valence-corrected chi connectivity index (χ4v) is 6.90. The van der Waals surface area contributed by atoms with Gasteiger partial charge in [-0.3, -0.25) is 8.97 Å². The second-order valence-corrected chi connectivity index (χ2v) is 11.4. The molecule has 4 aromatic heterocycles. The maximum atomic E-state index is 5.39. The zero-order valence-corrected chi connectivity index (χ0v) is 24.0. The van der Waals surface area contributed by atoms with Crippen molar-refractivity contribution in [2.45, 2.75) is 0 Å². The number of hydrogen-bond acceptors (Lipinski definition) is 3. The normalized spacial score (nSPS) is 12.0. The van der Waals surface area contributed by atoms with Gasteiger partial charge in [-0.2, -0.15) is 0 Å². The van der Waals surface area contributed by atoms with E-state index < -0.39 is 0 Å². The molecule has 0 aliphatic carbocycles. The van der Waals surface area contributed by atoms with Gasteiger partial charge in [-0.25, -0.2) is 19.5 Å². The first-order chi connectivity index (χ1) is 22.3. The molecule has 4 heterocycles. The zero-order chi connectivity index (χ0) is 29.5. The molecule has 0 saturated heterocycles. The van der Waals surface area contributed by atoms with E-state index in [-0.39, 0.29) is 0 Å². The van der Waals surface area contributed by atoms with Gasteiger partial charge < -0.3 is 0 Å². The Morgan fingerprint density at radius 3 is 2.00 bits per heavy atom. The van der Waals surface area contributed by atoms with Crippen molar-refractivity contribution in [2.24, 2.45) is 0 Å². The molecule has 10 aromatic rings. The van der Waals surface area contributed by atoms with Crippen molar-refractivity contribution in [2.75, 3.05) is 0 Å². The Balaban J connectivity index is 1.46. The maximum absolute atomic E-state index is 5.39. The number of nitrogens with zero attached hydrogens (tertiary/aromatic N) is 6. The van der Waals surface area contributed by atoms with Gasteiger partial charge in [0.1, 0.15) is 5.52 Å². The molecule has 45 heavy (non-hydrogen) atoms. The number of imidazole rings is 2. The van der Waals surface area contributed by atoms with Crippen LogP contribution in [0.2, 0.25) is 0 Å². The number of fused-ring (bicyclic) bond motifs is 10. The molecule has 0 aliphatic heterocycles. The van der Waals surface area contributed by atoms with Gasteiger partial charge in [-0.1, -0.05) is 109 Å². The van der Waals surface area contributed by atoms with Crippen molar-refractivity contribution in [3.05, 3.63) is 146 Å². The number of benzene rings is 6. The summed E-state index contributed by atoms with van der Waals surface area (Å²) in [5, 5.41) is 4.38. The van der Waals surface area contributed by atoms with Crippen molar-refractivity contribution in [3.63, 3.8) is 0 Å². The fraction of sp³-hybridized carbons (Fsp3) is 0. The molecule has 0 amide bonds. The third kappa shape index (κ3) is 3.36. The van der Waals surface area contributed by atoms with Crippen molar-refractivity contribution < 1.29 is 0 Å². The molecule has 6 heteroatoms. The van der Waals surface area contributed by atoms with E-state index in [1.807, 2.05) is 12.1 Å². The second kappa shape index (κ2) is 9.11. The van der Waals surface area contributed by atoms with Crippen LogP contribution in [0.1, 0.15) is 0 Å². The predicted octanol–water partition coefficient (Wildman–Crippen LogP) is 9.14. The predicted molar refractivity (Wildman–Crippen MR) is 182 cm³/mol. The summed E-state index contributed by atoms with van der Waals surface area (Å²) in [6.45, 7) is 0. The average Bonchev–Trinajstić information content (AvgIpc) is 3.74. The van der Waals surface area contributed by atoms with Crippen LogP contribution >= 0.6 is 0 Å². The summed E-state index contributed by atoms with van der Waals surface area (Å²) >= 11 is 0. The molecular formula is C39H24N6. The molecule has 0 aliphatic rings. The maximum Gasteiger partial charge on any atom is 0.239 e. The Morgan fingerprint density at radius 2 is 1.16 bits per heavy atom. The van der Waals surface area contributed by atoms with Crippen LogP contribution in [-0.2, 0) is 0 Å². The SMILES string of the molecule is c1ccc(-c2nc(-n3c4c(c5ccccc5n4-c4ccccc4)n4c5ccccc5nc34)nc3c2ccc2ccccc23)cc1. The van der Waals surface area contributed by atoms with E-state index in [1.54, 1.807) is 0 Å². The molecule has 0 saturated carbocycles. The molecule has 0 fully saturated rings. The van der Waals surface area contributed by atoms with Gasteiger partial charge in [-0.15, -0.1) is 0 Å². The lowest BCUT2D eigenvalue weighted by Gasteiger charge is -2.14. The third-order valence-corrected chi connectivity index (χ3v) is 8.84. The van der Waals surface area contributed by atoms with E-state index in [2.05, 4.69) is 147 Å². The van der Waals surface area contributed by atoms with Crippen LogP contribution in [0, 0.1) is 0 Å². The molecular weight excluding hydrogens is 552 g/mol. The second-order valence-electron chi connectivity index (χ2n) is 11.4. The molecule has 0 radical (unpaired) electrons. The van der Waals surface area contributed by atoms with Gasteiger partial charge in [-0.05, 0) is 41.8 Å². The van der Waals surface area contributed by atoms with Crippen LogP contribution in [0.25, 0.3) is 83.4 Å². The lowest BCUT2D eigenvalue weighted by atomic mass is 10.0. The van der Waals surface area contributed by atoms with E-state index in [0.717, 1.165) is 77.5 Å². The summed E-state index contributed by atoms with van der Waals surface area (Å²) in [7, 11) is 0. The highest BCUT2D eigenvalue weighted by molar-refractivity contribution is 6.11. The Bertz CT molecular complexity index is 2750. The number of para-hydroxylation sites is 4. The molecule has 0 spiro atoms. The van der Waals surface area contributed by atoms with Crippen molar-refractivity contribution in [1.82, 2.24) is 28.5 Å². The Kier molecular flexibility index (Phi) is 4.90. The molecule has 0 unspecified atom stereocenters. The van der Waals surface area contributed by atoms with Crippen LogP contribution in [-0.4, -0.2) is 28.5 Å². The van der Waals surface area contributed by atoms with Crippen LogP contribution < -0.4 is 0 Å². The highest BCUT2D eigenvalue weighted by Crippen LogP contribution is 2.39. The smallest absolute Gasteiger partial charge is 0.239 e. The van der Waals surface area contributed by atoms with Crippen molar-refractivity contribution >= 4 is 60.6 Å². The first kappa shape index (κ1) is 24.2. The van der Waals surface area contributed by atoms with E-state index in [1.165, 1.54) is 0 Å². The lowest BCUT2D eigenvalue weighted by molar-refractivity contribution is 0.956. The number of aromatic nitrogens is 6. The molecule has 210 valence electrons. The van der Waals surface area contributed by atoms with Crippen LogP contribution in [0.15, 0.2) is 146 Å². The summed E-state index contributed by atoms with van der Waals surface area (Å²) in [6.07, 6.45) is 0. The van der Waals surface area contributed by atoms with Gasteiger partial charge >= 0.3 is 0 Å². The van der Waals surface area contributed by atoms with Crippen molar-refractivity contribution in [3.8, 4) is 22.9 Å². The van der Waals surface area contributed by atoms with Crippen molar-refractivity contribution in [1.29, 1.82) is 0 Å². The molecule has 0 N–H and O–H groups in total. The minimum Gasteiger partial charge on any atom is -0.294 e. The molecule has 6 aromatic carbocycles. The van der Waals surface area contributed by atoms with Crippen LogP contribution in [0.5, 0.6) is 0 Å². The average molecular weight is 577 g/mol. The van der Waals surface area contributed by atoms with E-state index in [9.17, 15) is 0 Å². The minimum atomic E-state index is 0.577. The highest BCUT2D eigenvalue weighted by Gasteiger charge is 2.27. The third-order valence-electron chi connectivity index (χ3n) is 8.84. The largest absolute Gasteiger partial charge is 0.294 e. The van der Waals surface area contributed by atoms with E-state index >= 15 is 0 Å². The van der Waals surface area contributed by atoms with Gasteiger partial charge in [0.05, 0.1) is 27.8 Å². The van der Waals surface area contributed by atoms with Gasteiger partial charge in [0, 0.05) is 27.4 Å². The van der Waals surface area contributed by atoms with Gasteiger partial charge in [0.15, 0.2) is 5.65 Å². The zero-order valence-electron chi connectivity index (χ0n) is 24.0. The van der Waals surface area contributed by atoms with Gasteiger partial charge in [0.2, 0.25) is 11.7 Å². The Morgan fingerprint density at radius 1 is 0.467 bits per heavy atom. The highest BCUT2D eigenvalue weighted by atomic mass is 15.3. The van der Waals surface area contributed by atoms with Crippen LogP contribution in [0.3, 0.4) is 0 Å². The number of rotatable bonds is 3. The van der Waals surface area contributed by atoms with E-state index in [0.29, 0.717) is 5.95 Å². The summed E-state index contributed by atoms with van der Waals surface area (Å²) in [5.74, 6) is 1.35. The van der Waals surface area contributed by atoms with E-state index in [4.69, 9.17) is 15.0 Å². The van der Waals surface area contributed by atoms with Gasteiger partial charge in [0.25, 0.3) is 0 Å². The first-order valence-electron chi connectivity index (χ1n) is 15.1. The molecule has 10 rings (SSSR count). The fourth-order valence-electron chi connectivity index (χ4n) is 6.90. The summed E-state index contributed by atoms with van der Waals surface area (Å²) in [4.78, 5) is 16.0. The summed E-state index contributed by atoms with van der Waals surface area (Å²) < 4.78 is 6.73. The monoisotopic (exact) mass is 576 g/mol. The first-order valence-corrected chi connectivity index (χ1v) is 15.1. The Labute approximate surface area is 257 Å². The summed E-state index contributed by atoms with van der Waals surface area (Å²) in [5.41, 5.74) is 9.01. The Hall–Kier alpha value is -6.27. The van der Waals surface area contributed by atoms with Crippen LogP contribution in [0.4, 0.5) is 0 Å². The topological polar surface area (TPSA) is 52.9 Å². The number of hydrogen-bond donors (Lipinski definition) is 0. The molecule has 6 nitrogen and oxygen atoms in total. The molecule has 0 bridgehead atoms. The lowest BCUT2D eigenvalue weighted by Crippen LogP contribution is -2.07. The quantitative estimate of drug-likeness (QED) is 0.197.